The molecule has 0 aliphatic carbocycles. The highest BCUT2D eigenvalue weighted by molar-refractivity contribution is 5.78. The summed E-state index contributed by atoms with van der Waals surface area (Å²) < 4.78 is 17.5. The maximum Gasteiger partial charge on any atom is 0.327 e. The fourth-order valence-electron chi connectivity index (χ4n) is 1.25. The van der Waals surface area contributed by atoms with Crippen LogP contribution in [0.15, 0.2) is 18.2 Å². The first-order chi connectivity index (χ1) is 7.93. The third-order valence-corrected chi connectivity index (χ3v) is 2.03. The number of nitrogens with one attached hydrogen (secondary N) is 1. The van der Waals surface area contributed by atoms with Crippen LogP contribution in [-0.4, -0.2) is 24.0 Å². The quantitative estimate of drug-likeness (QED) is 0.493. The van der Waals surface area contributed by atoms with Gasteiger partial charge in [0, 0.05) is 11.8 Å². The van der Waals surface area contributed by atoms with Gasteiger partial charge in [-0.2, -0.15) is 0 Å². The lowest BCUT2D eigenvalue weighted by Crippen LogP contribution is -2.27. The van der Waals surface area contributed by atoms with Crippen LogP contribution in [0.4, 0.5) is 15.8 Å². The Hall–Kier alpha value is -2.18. The Morgan fingerprint density at radius 3 is 2.71 bits per heavy atom. The number of nitro benzene ring substituents is 1. The maximum absolute atomic E-state index is 13.1. The molecule has 0 aliphatic rings. The highest BCUT2D eigenvalue weighted by Crippen LogP contribution is 2.20. The van der Waals surface area contributed by atoms with E-state index in [1.807, 2.05) is 0 Å². The molecule has 1 N–H and O–H groups in total. The molecule has 0 amide bonds. The largest absolute Gasteiger partial charge is 0.467 e. The summed E-state index contributed by atoms with van der Waals surface area (Å²) in [4.78, 5) is 20.9. The third kappa shape index (κ3) is 3.40. The molecule has 0 spiro atoms. The molecule has 0 saturated heterocycles. The van der Waals surface area contributed by atoms with Gasteiger partial charge in [0.05, 0.1) is 18.1 Å². The summed E-state index contributed by atoms with van der Waals surface area (Å²) in [5.41, 5.74) is -0.237. The molecule has 0 heterocycles. The molecule has 6 nitrogen and oxygen atoms in total. The summed E-state index contributed by atoms with van der Waals surface area (Å²) in [6, 6.07) is 2.28. The van der Waals surface area contributed by atoms with Gasteiger partial charge in [0.25, 0.3) is 5.69 Å². The Morgan fingerprint density at radius 1 is 1.53 bits per heavy atom. The van der Waals surface area contributed by atoms with Crippen molar-refractivity contribution in [3.05, 3.63) is 34.1 Å². The molecule has 17 heavy (non-hydrogen) atoms. The summed E-state index contributed by atoms with van der Waals surface area (Å²) in [7, 11) is 1.22. The monoisotopic (exact) mass is 242 g/mol. The van der Waals surface area contributed by atoms with Crippen LogP contribution in [0.5, 0.6) is 0 Å². The minimum atomic E-state index is -0.751. The van der Waals surface area contributed by atoms with Crippen molar-refractivity contribution in [2.45, 2.75) is 13.0 Å². The minimum Gasteiger partial charge on any atom is -0.467 e. The van der Waals surface area contributed by atoms with Gasteiger partial charge in [0.2, 0.25) is 0 Å². The number of nitro groups is 1. The molecule has 0 bridgehead atoms. The zero-order valence-corrected chi connectivity index (χ0v) is 9.27. The highest BCUT2D eigenvalue weighted by Gasteiger charge is 2.15. The molecule has 1 rings (SSSR count). The molecule has 7 heteroatoms. The summed E-state index contributed by atoms with van der Waals surface area (Å²) >= 11 is 0. The number of esters is 1. The fraction of sp³-hybridized carbons (Fsp3) is 0.300. The Balaban J connectivity index is 2.91. The first kappa shape index (κ1) is 12.9. The van der Waals surface area contributed by atoms with Crippen molar-refractivity contribution in [1.82, 2.24) is 0 Å². The molecular weight excluding hydrogens is 231 g/mol. The molecule has 0 aromatic heterocycles. The molecule has 1 unspecified atom stereocenters. The summed E-state index contributed by atoms with van der Waals surface area (Å²) in [5.74, 6) is -1.30. The number of nitrogens with zero attached hydrogens (tertiary/aromatic N) is 1. The van der Waals surface area contributed by atoms with Crippen molar-refractivity contribution in [2.24, 2.45) is 0 Å². The van der Waals surface area contributed by atoms with Gasteiger partial charge in [-0.3, -0.25) is 10.1 Å². The number of rotatable bonds is 4. The number of benzene rings is 1. The molecule has 1 aromatic rings. The predicted octanol–water partition coefficient (Wildman–Crippen LogP) is 1.71. The first-order valence-corrected chi connectivity index (χ1v) is 4.73. The van der Waals surface area contributed by atoms with Crippen LogP contribution < -0.4 is 5.32 Å². The molecular formula is C10H11FN2O4. The van der Waals surface area contributed by atoms with Gasteiger partial charge in [-0.25, -0.2) is 9.18 Å². The van der Waals surface area contributed by atoms with E-state index in [-0.39, 0.29) is 11.4 Å². The fourth-order valence-corrected chi connectivity index (χ4v) is 1.25. The van der Waals surface area contributed by atoms with Crippen LogP contribution in [0.25, 0.3) is 0 Å². The van der Waals surface area contributed by atoms with E-state index in [9.17, 15) is 19.3 Å². The number of halogens is 1. The average Bonchev–Trinajstić information content (AvgIpc) is 2.26. The van der Waals surface area contributed by atoms with Gasteiger partial charge >= 0.3 is 5.97 Å². The summed E-state index contributed by atoms with van der Waals surface area (Å²) in [6.45, 7) is 1.50. The van der Waals surface area contributed by atoms with Crippen molar-refractivity contribution in [1.29, 1.82) is 0 Å². The van der Waals surface area contributed by atoms with Crippen LogP contribution in [0.2, 0.25) is 0 Å². The Labute approximate surface area is 96.5 Å². The van der Waals surface area contributed by atoms with Crippen molar-refractivity contribution in [2.75, 3.05) is 12.4 Å². The van der Waals surface area contributed by atoms with Gasteiger partial charge < -0.3 is 10.1 Å². The van der Waals surface area contributed by atoms with Crippen LogP contribution >= 0.6 is 0 Å². The first-order valence-electron chi connectivity index (χ1n) is 4.73. The summed E-state index contributed by atoms with van der Waals surface area (Å²) in [6.07, 6.45) is 0. The van der Waals surface area contributed by atoms with Crippen molar-refractivity contribution in [3.63, 3.8) is 0 Å². The summed E-state index contributed by atoms with van der Waals surface area (Å²) in [5, 5.41) is 13.1. The number of hydrogen-bond acceptors (Lipinski definition) is 5. The number of hydrogen-bond donors (Lipinski definition) is 1. The second kappa shape index (κ2) is 5.24. The number of methoxy groups -OCH3 is 1. The zero-order valence-electron chi connectivity index (χ0n) is 9.27. The zero-order chi connectivity index (χ0) is 13.0. The average molecular weight is 242 g/mol. The molecule has 92 valence electrons. The van der Waals surface area contributed by atoms with E-state index in [0.717, 1.165) is 18.2 Å². The molecule has 0 radical (unpaired) electrons. The van der Waals surface area contributed by atoms with Gasteiger partial charge in [-0.05, 0) is 13.0 Å². The van der Waals surface area contributed by atoms with E-state index in [0.29, 0.717) is 0 Å². The van der Waals surface area contributed by atoms with E-state index in [4.69, 9.17) is 0 Å². The van der Waals surface area contributed by atoms with E-state index in [1.54, 1.807) is 0 Å². The van der Waals surface area contributed by atoms with Crippen LogP contribution in [0.1, 0.15) is 6.92 Å². The predicted molar refractivity (Wildman–Crippen MR) is 58.2 cm³/mol. The number of carbonyl (C=O) groups excluding carboxylic acids is 1. The second-order valence-corrected chi connectivity index (χ2v) is 3.34. The Morgan fingerprint density at radius 2 is 2.18 bits per heavy atom. The normalized spacial score (nSPS) is 11.7. The third-order valence-electron chi connectivity index (χ3n) is 2.03. The SMILES string of the molecule is COC(=O)C(C)Nc1cc(F)cc([N+](=O)[O-])c1. The van der Waals surface area contributed by atoms with Crippen molar-refractivity contribution >= 4 is 17.3 Å². The van der Waals surface area contributed by atoms with E-state index < -0.39 is 22.8 Å². The standard InChI is InChI=1S/C10H11FN2O4/c1-6(10(14)17-2)12-8-3-7(11)4-9(5-8)13(15)16/h3-6,12H,1-2H3. The van der Waals surface area contributed by atoms with Crippen LogP contribution in [0.3, 0.4) is 0 Å². The maximum atomic E-state index is 13.1. The Bertz CT molecular complexity index is 450. The minimum absolute atomic E-state index is 0.148. The van der Waals surface area contributed by atoms with Gasteiger partial charge in [0.15, 0.2) is 0 Å². The van der Waals surface area contributed by atoms with E-state index in [2.05, 4.69) is 10.1 Å². The van der Waals surface area contributed by atoms with Gasteiger partial charge in [-0.15, -0.1) is 0 Å². The lowest BCUT2D eigenvalue weighted by molar-refractivity contribution is -0.385. The van der Waals surface area contributed by atoms with Gasteiger partial charge in [-0.1, -0.05) is 0 Å². The molecule has 0 aliphatic heterocycles. The van der Waals surface area contributed by atoms with Crippen molar-refractivity contribution in [3.8, 4) is 0 Å². The molecule has 0 saturated carbocycles. The van der Waals surface area contributed by atoms with Gasteiger partial charge in [0.1, 0.15) is 11.9 Å². The second-order valence-electron chi connectivity index (χ2n) is 3.34. The number of non-ortho nitro benzene ring substituents is 1. The van der Waals surface area contributed by atoms with Crippen LogP contribution in [-0.2, 0) is 9.53 Å². The molecule has 1 atom stereocenters. The molecule has 0 fully saturated rings. The van der Waals surface area contributed by atoms with Crippen molar-refractivity contribution < 1.29 is 18.8 Å². The number of carbonyl (C=O) groups is 1. The van der Waals surface area contributed by atoms with Crippen LogP contribution in [0, 0.1) is 15.9 Å². The van der Waals surface area contributed by atoms with E-state index in [1.165, 1.54) is 14.0 Å². The number of anilines is 1. The smallest absolute Gasteiger partial charge is 0.327 e. The molecule has 1 aromatic carbocycles. The topological polar surface area (TPSA) is 81.5 Å². The Kier molecular flexibility index (Phi) is 3.97. The number of ether oxygens (including phenoxy) is 1. The lowest BCUT2D eigenvalue weighted by Gasteiger charge is -2.12. The highest BCUT2D eigenvalue weighted by atomic mass is 19.1. The van der Waals surface area contributed by atoms with E-state index >= 15 is 0 Å². The lowest BCUT2D eigenvalue weighted by atomic mass is 10.2.